The number of carbonyl (C=O) groups is 4. The molecule has 1 aromatic carbocycles. The monoisotopic (exact) mass is 410 g/mol. The van der Waals surface area contributed by atoms with E-state index in [2.05, 4.69) is 0 Å². The van der Waals surface area contributed by atoms with Gasteiger partial charge in [0.1, 0.15) is 0 Å². The van der Waals surface area contributed by atoms with Crippen molar-refractivity contribution in [2.24, 2.45) is 11.8 Å². The number of fused-ring (bicyclic) bond motifs is 5. The normalized spacial score (nSPS) is 28.3. The van der Waals surface area contributed by atoms with Gasteiger partial charge in [0.2, 0.25) is 11.8 Å². The molecule has 0 aliphatic carbocycles. The quantitative estimate of drug-likeness (QED) is 0.738. The van der Waals surface area contributed by atoms with Gasteiger partial charge < -0.3 is 5.11 Å². The maximum atomic E-state index is 12.4. The molecule has 0 radical (unpaired) electrons. The van der Waals surface area contributed by atoms with Crippen molar-refractivity contribution in [3.05, 3.63) is 48.0 Å². The highest BCUT2D eigenvalue weighted by atomic mass is 19.4. The fourth-order valence-corrected chi connectivity index (χ4v) is 4.01. The van der Waals surface area contributed by atoms with Crippen LogP contribution in [-0.2, 0) is 25.7 Å². The van der Waals surface area contributed by atoms with Crippen molar-refractivity contribution >= 4 is 23.6 Å². The van der Waals surface area contributed by atoms with Crippen molar-refractivity contribution in [1.82, 2.24) is 9.80 Å². The highest BCUT2D eigenvalue weighted by molar-refractivity contribution is 6.11. The van der Waals surface area contributed by atoms with E-state index in [4.69, 9.17) is 9.90 Å². The van der Waals surface area contributed by atoms with Gasteiger partial charge in [-0.2, -0.15) is 13.2 Å². The number of likely N-dealkylation sites (tertiary alicyclic amines) is 1. The molecule has 2 saturated heterocycles. The van der Waals surface area contributed by atoms with Crippen LogP contribution in [0.3, 0.4) is 0 Å². The molecule has 3 heterocycles. The molecule has 0 saturated carbocycles. The fraction of sp³-hybridized carbons (Fsp3) is 0.368. The average Bonchev–Trinajstić information content (AvgIpc) is 3.01. The van der Waals surface area contributed by atoms with Crippen LogP contribution in [0.5, 0.6) is 0 Å². The van der Waals surface area contributed by atoms with E-state index in [-0.39, 0.29) is 23.6 Å². The zero-order chi connectivity index (χ0) is 21.5. The molecule has 1 N–H and O–H groups in total. The Hall–Kier alpha value is -3.01. The second kappa shape index (κ2) is 7.43. The lowest BCUT2D eigenvalue weighted by atomic mass is 9.90. The number of hydrogen-bond acceptors (Lipinski definition) is 5. The summed E-state index contributed by atoms with van der Waals surface area (Å²) in [6, 6.07) is 9.14. The van der Waals surface area contributed by atoms with Gasteiger partial charge in [0.25, 0.3) is 0 Å². The molecule has 2 amide bonds. The zero-order valence-electron chi connectivity index (χ0n) is 15.2. The van der Waals surface area contributed by atoms with Gasteiger partial charge in [-0.3, -0.25) is 24.2 Å². The molecule has 7 nitrogen and oxygen atoms in total. The van der Waals surface area contributed by atoms with E-state index >= 15 is 0 Å². The van der Waals surface area contributed by atoms with E-state index in [9.17, 15) is 27.6 Å². The summed E-state index contributed by atoms with van der Waals surface area (Å²) in [6.07, 6.45) is -1.76. The third kappa shape index (κ3) is 3.67. The summed E-state index contributed by atoms with van der Waals surface area (Å²) in [5, 5.41) is 7.12. The highest BCUT2D eigenvalue weighted by Gasteiger charge is 2.63. The van der Waals surface area contributed by atoms with Crippen LogP contribution in [0.15, 0.2) is 42.5 Å². The molecule has 0 spiro atoms. The first-order valence-electron chi connectivity index (χ1n) is 8.67. The number of imide groups is 1. The van der Waals surface area contributed by atoms with E-state index in [1.807, 2.05) is 35.2 Å². The van der Waals surface area contributed by atoms with Crippen LogP contribution < -0.4 is 0 Å². The van der Waals surface area contributed by atoms with Crippen LogP contribution in [0, 0.1) is 11.8 Å². The molecule has 4 unspecified atom stereocenters. The average molecular weight is 410 g/mol. The third-order valence-electron chi connectivity index (χ3n) is 5.27. The van der Waals surface area contributed by atoms with Crippen LogP contribution in [-0.4, -0.2) is 63.8 Å². The van der Waals surface area contributed by atoms with Crippen LogP contribution in [0.1, 0.15) is 5.56 Å². The lowest BCUT2D eigenvalue weighted by molar-refractivity contribution is -0.192. The zero-order valence-corrected chi connectivity index (χ0v) is 15.2. The molecule has 1 aromatic rings. The van der Waals surface area contributed by atoms with Crippen molar-refractivity contribution in [2.75, 3.05) is 7.05 Å². The molecule has 4 atom stereocenters. The Morgan fingerprint density at radius 3 is 2.17 bits per heavy atom. The number of hydrogen-bond donors (Lipinski definition) is 1. The number of carboxylic acids is 1. The number of carboxylic acid groups (broad SMARTS) is 1. The molecule has 10 heteroatoms. The number of alkyl halides is 3. The van der Waals surface area contributed by atoms with Gasteiger partial charge in [-0.1, -0.05) is 36.4 Å². The third-order valence-corrected chi connectivity index (χ3v) is 5.27. The predicted octanol–water partition coefficient (Wildman–Crippen LogP) is 1.24. The largest absolute Gasteiger partial charge is 0.490 e. The SMILES string of the molecule is CN1C(=O)C2C(C1=O)C1C(=O)C=CC2N1Cc1ccccc1.O=C(O)C(F)(F)F. The van der Waals surface area contributed by atoms with Crippen molar-refractivity contribution < 1.29 is 37.5 Å². The van der Waals surface area contributed by atoms with Gasteiger partial charge >= 0.3 is 12.1 Å². The maximum absolute atomic E-state index is 12.4. The highest BCUT2D eigenvalue weighted by Crippen LogP contribution is 2.45. The molecule has 2 fully saturated rings. The molecule has 3 aliphatic heterocycles. The molecule has 154 valence electrons. The van der Waals surface area contributed by atoms with Crippen LogP contribution in [0.25, 0.3) is 0 Å². The van der Waals surface area contributed by atoms with E-state index < -0.39 is 30.0 Å². The van der Waals surface area contributed by atoms with Gasteiger partial charge in [-0.15, -0.1) is 0 Å². The number of rotatable bonds is 2. The van der Waals surface area contributed by atoms with E-state index in [1.54, 1.807) is 6.08 Å². The van der Waals surface area contributed by atoms with Crippen LogP contribution in [0.4, 0.5) is 13.2 Å². The first-order chi connectivity index (χ1) is 13.5. The number of aliphatic carboxylic acids is 1. The number of halogens is 3. The van der Waals surface area contributed by atoms with Gasteiger partial charge in [0.15, 0.2) is 5.78 Å². The van der Waals surface area contributed by atoms with Gasteiger partial charge in [0, 0.05) is 19.6 Å². The molecular formula is C19H17F3N2O5. The Labute approximate surface area is 163 Å². The lowest BCUT2D eigenvalue weighted by Gasteiger charge is -2.32. The molecule has 29 heavy (non-hydrogen) atoms. The molecule has 4 rings (SSSR count). The second-order valence-electron chi connectivity index (χ2n) is 6.94. The van der Waals surface area contributed by atoms with Gasteiger partial charge in [-0.25, -0.2) is 4.79 Å². The Bertz CT molecular complexity index is 884. The van der Waals surface area contributed by atoms with E-state index in [0.29, 0.717) is 6.54 Å². The van der Waals surface area contributed by atoms with E-state index in [1.165, 1.54) is 18.0 Å². The smallest absolute Gasteiger partial charge is 0.475 e. The molecule has 0 aromatic heterocycles. The fourth-order valence-electron chi connectivity index (χ4n) is 4.01. The summed E-state index contributed by atoms with van der Waals surface area (Å²) >= 11 is 0. The summed E-state index contributed by atoms with van der Waals surface area (Å²) in [4.78, 5) is 49.2. The molecule has 2 bridgehead atoms. The summed E-state index contributed by atoms with van der Waals surface area (Å²) in [7, 11) is 1.51. The summed E-state index contributed by atoms with van der Waals surface area (Å²) in [6.45, 7) is 0.573. The number of ketones is 1. The number of carbonyl (C=O) groups excluding carboxylic acids is 3. The van der Waals surface area contributed by atoms with Gasteiger partial charge in [-0.05, 0) is 11.6 Å². The topological polar surface area (TPSA) is 95.0 Å². The number of amides is 2. The maximum Gasteiger partial charge on any atom is 0.490 e. The number of benzene rings is 1. The Morgan fingerprint density at radius 1 is 1.07 bits per heavy atom. The van der Waals surface area contributed by atoms with Crippen molar-refractivity contribution in [2.45, 2.75) is 24.8 Å². The summed E-state index contributed by atoms with van der Waals surface area (Å²) in [5.74, 6) is -4.18. The summed E-state index contributed by atoms with van der Waals surface area (Å²) < 4.78 is 31.7. The van der Waals surface area contributed by atoms with Gasteiger partial charge in [0.05, 0.1) is 17.9 Å². The standard InChI is InChI=1S/C17H16N2O3.C2HF3O2/c1-18-16(21)13-11-7-8-12(20)15(14(13)17(18)22)19(11)9-10-5-3-2-4-6-10;3-2(4,5)1(6)7/h2-8,11,13-15H,9H2,1H3;(H,6,7). The lowest BCUT2D eigenvalue weighted by Crippen LogP contribution is -2.48. The Morgan fingerprint density at radius 2 is 1.62 bits per heavy atom. The van der Waals surface area contributed by atoms with E-state index in [0.717, 1.165) is 5.56 Å². The van der Waals surface area contributed by atoms with Crippen molar-refractivity contribution in [1.29, 1.82) is 0 Å². The summed E-state index contributed by atoms with van der Waals surface area (Å²) in [5.41, 5.74) is 1.08. The molecular weight excluding hydrogens is 393 g/mol. The van der Waals surface area contributed by atoms with Crippen molar-refractivity contribution in [3.63, 3.8) is 0 Å². The predicted molar refractivity (Wildman–Crippen MR) is 92.2 cm³/mol. The first-order valence-corrected chi connectivity index (χ1v) is 8.67. The second-order valence-corrected chi connectivity index (χ2v) is 6.94. The minimum Gasteiger partial charge on any atom is -0.475 e. The number of nitrogens with zero attached hydrogens (tertiary/aromatic N) is 2. The Kier molecular flexibility index (Phi) is 5.31. The van der Waals surface area contributed by atoms with Crippen LogP contribution in [0.2, 0.25) is 0 Å². The minimum absolute atomic E-state index is 0.0730. The molecule has 3 aliphatic rings. The first kappa shape index (κ1) is 20.7. The van der Waals surface area contributed by atoms with Crippen LogP contribution >= 0.6 is 0 Å². The minimum atomic E-state index is -5.08. The Balaban J connectivity index is 0.000000298. The van der Waals surface area contributed by atoms with Crippen molar-refractivity contribution in [3.8, 4) is 0 Å².